The summed E-state index contributed by atoms with van der Waals surface area (Å²) in [7, 11) is 0. The number of hydrogen-bond acceptors (Lipinski definition) is 7. The zero-order valence-electron chi connectivity index (χ0n) is 15.0. The number of hydrogen-bond donors (Lipinski definition) is 3. The number of rotatable bonds is 7. The SMILES string of the molecule is CC(C)c1ccc(N(O)C(=N)c2nonc2NCCN2C=CCC2)cc1. The standard InChI is InChI=1S/C18H24N6O2/c1-13(2)14-5-7-15(8-6-14)24(25)17(19)16-18(22-26-21-16)20-9-12-23-10-3-4-11-23/h3,5-8,10,13,19,25H,4,9,11-12H2,1-2H3,(H,20,22). The van der Waals surface area contributed by atoms with E-state index in [0.717, 1.165) is 30.1 Å². The number of benzene rings is 1. The summed E-state index contributed by atoms with van der Waals surface area (Å²) >= 11 is 0. The van der Waals surface area contributed by atoms with Gasteiger partial charge in [0.15, 0.2) is 11.5 Å². The van der Waals surface area contributed by atoms with E-state index in [9.17, 15) is 5.21 Å². The summed E-state index contributed by atoms with van der Waals surface area (Å²) < 4.78 is 4.76. The number of nitrogens with one attached hydrogen (secondary N) is 2. The largest absolute Gasteiger partial charge is 0.376 e. The Bertz CT molecular complexity index is 768. The third-order valence-corrected chi connectivity index (χ3v) is 4.32. The molecule has 3 N–H and O–H groups in total. The molecule has 0 saturated heterocycles. The summed E-state index contributed by atoms with van der Waals surface area (Å²) in [6.07, 6.45) is 5.27. The molecule has 0 unspecified atom stereocenters. The zero-order valence-corrected chi connectivity index (χ0v) is 15.0. The lowest BCUT2D eigenvalue weighted by Gasteiger charge is -2.18. The first-order valence-corrected chi connectivity index (χ1v) is 8.71. The molecule has 2 heterocycles. The first-order valence-electron chi connectivity index (χ1n) is 8.71. The molecule has 0 radical (unpaired) electrons. The number of aromatic nitrogens is 2. The van der Waals surface area contributed by atoms with Crippen LogP contribution >= 0.6 is 0 Å². The smallest absolute Gasteiger partial charge is 0.202 e. The van der Waals surface area contributed by atoms with Crippen molar-refractivity contribution in [2.45, 2.75) is 26.2 Å². The number of anilines is 2. The second-order valence-corrected chi connectivity index (χ2v) is 6.50. The molecule has 3 rings (SSSR count). The fourth-order valence-corrected chi connectivity index (χ4v) is 2.73. The van der Waals surface area contributed by atoms with Gasteiger partial charge in [-0.2, -0.15) is 0 Å². The Morgan fingerprint density at radius 1 is 1.35 bits per heavy atom. The van der Waals surface area contributed by atoms with Gasteiger partial charge in [-0.1, -0.05) is 32.1 Å². The maximum Gasteiger partial charge on any atom is 0.202 e. The molecule has 0 amide bonds. The maximum atomic E-state index is 10.4. The normalized spacial score (nSPS) is 13.5. The molecule has 0 atom stereocenters. The summed E-state index contributed by atoms with van der Waals surface area (Å²) in [5.74, 6) is 0.541. The van der Waals surface area contributed by atoms with Crippen molar-refractivity contribution in [1.82, 2.24) is 15.2 Å². The fraction of sp³-hybridized carbons (Fsp3) is 0.389. The third-order valence-electron chi connectivity index (χ3n) is 4.32. The van der Waals surface area contributed by atoms with Crippen LogP contribution in [0.2, 0.25) is 0 Å². The maximum absolute atomic E-state index is 10.4. The molecular weight excluding hydrogens is 332 g/mol. The number of hydroxylamine groups is 1. The van der Waals surface area contributed by atoms with E-state index in [4.69, 9.17) is 10.0 Å². The van der Waals surface area contributed by atoms with Gasteiger partial charge in [0, 0.05) is 19.6 Å². The molecule has 138 valence electrons. The van der Waals surface area contributed by atoms with Crippen LogP contribution in [0.15, 0.2) is 41.2 Å². The highest BCUT2D eigenvalue weighted by molar-refractivity contribution is 6.07. The van der Waals surface area contributed by atoms with Crippen molar-refractivity contribution < 1.29 is 9.84 Å². The van der Waals surface area contributed by atoms with Crippen molar-refractivity contribution in [3.05, 3.63) is 47.8 Å². The average Bonchev–Trinajstić information content (AvgIpc) is 3.32. The molecule has 0 fully saturated rings. The van der Waals surface area contributed by atoms with E-state index in [1.165, 1.54) is 0 Å². The van der Waals surface area contributed by atoms with Crippen molar-refractivity contribution in [1.29, 1.82) is 5.41 Å². The molecule has 0 aliphatic carbocycles. The highest BCUT2D eigenvalue weighted by Crippen LogP contribution is 2.21. The molecular formula is C18H24N6O2. The Hall–Kier alpha value is -2.87. The van der Waals surface area contributed by atoms with Crippen molar-refractivity contribution >= 4 is 17.3 Å². The number of nitrogens with zero attached hydrogens (tertiary/aromatic N) is 4. The molecule has 1 aliphatic heterocycles. The third kappa shape index (κ3) is 4.02. The van der Waals surface area contributed by atoms with Gasteiger partial charge in [-0.15, -0.1) is 0 Å². The van der Waals surface area contributed by atoms with Crippen molar-refractivity contribution in [3.8, 4) is 0 Å². The summed E-state index contributed by atoms with van der Waals surface area (Å²) in [4.78, 5) is 2.19. The number of amidine groups is 1. The van der Waals surface area contributed by atoms with E-state index in [2.05, 4.69) is 46.7 Å². The van der Waals surface area contributed by atoms with Crippen molar-refractivity contribution in [3.63, 3.8) is 0 Å². The van der Waals surface area contributed by atoms with Crippen LogP contribution in [-0.2, 0) is 0 Å². The molecule has 8 nitrogen and oxygen atoms in total. The summed E-state index contributed by atoms with van der Waals surface area (Å²) in [5, 5.41) is 30.0. The van der Waals surface area contributed by atoms with E-state index in [1.807, 2.05) is 12.1 Å². The van der Waals surface area contributed by atoms with Gasteiger partial charge in [-0.05, 0) is 46.5 Å². The van der Waals surface area contributed by atoms with Gasteiger partial charge < -0.3 is 10.2 Å². The minimum absolute atomic E-state index is 0.164. The average molecular weight is 356 g/mol. The molecule has 1 aromatic heterocycles. The molecule has 0 saturated carbocycles. The van der Waals surface area contributed by atoms with Crippen LogP contribution in [0.1, 0.15) is 37.4 Å². The molecule has 0 bridgehead atoms. The minimum Gasteiger partial charge on any atom is -0.376 e. The topological polar surface area (TPSA) is 102 Å². The van der Waals surface area contributed by atoms with E-state index in [-0.39, 0.29) is 11.5 Å². The Morgan fingerprint density at radius 3 is 2.77 bits per heavy atom. The predicted octanol–water partition coefficient (Wildman–Crippen LogP) is 3.05. The summed E-state index contributed by atoms with van der Waals surface area (Å²) in [6.45, 7) is 6.66. The van der Waals surface area contributed by atoms with Crippen LogP contribution in [-0.4, -0.2) is 45.9 Å². The van der Waals surface area contributed by atoms with Gasteiger partial charge in [0.1, 0.15) is 0 Å². The first kappa shape index (κ1) is 17.9. The van der Waals surface area contributed by atoms with Gasteiger partial charge in [0.2, 0.25) is 5.82 Å². The molecule has 2 aromatic rings. The second kappa shape index (κ2) is 8.01. The Labute approximate surface area is 152 Å². The molecule has 8 heteroatoms. The van der Waals surface area contributed by atoms with Crippen LogP contribution in [0, 0.1) is 5.41 Å². The lowest BCUT2D eigenvalue weighted by atomic mass is 10.0. The second-order valence-electron chi connectivity index (χ2n) is 6.50. The van der Waals surface area contributed by atoms with Gasteiger partial charge in [-0.25, -0.2) is 9.69 Å². The zero-order chi connectivity index (χ0) is 18.5. The monoisotopic (exact) mass is 356 g/mol. The van der Waals surface area contributed by atoms with Gasteiger partial charge in [0.25, 0.3) is 0 Å². The van der Waals surface area contributed by atoms with E-state index < -0.39 is 0 Å². The van der Waals surface area contributed by atoms with Crippen molar-refractivity contribution in [2.24, 2.45) is 0 Å². The lowest BCUT2D eigenvalue weighted by molar-refractivity contribution is 0.300. The van der Waals surface area contributed by atoms with E-state index in [1.54, 1.807) is 12.1 Å². The molecule has 26 heavy (non-hydrogen) atoms. The predicted molar refractivity (Wildman–Crippen MR) is 99.7 cm³/mol. The quantitative estimate of drug-likeness (QED) is 0.398. The van der Waals surface area contributed by atoms with Crippen LogP contribution in [0.4, 0.5) is 11.5 Å². The van der Waals surface area contributed by atoms with E-state index >= 15 is 0 Å². The molecule has 1 aromatic carbocycles. The van der Waals surface area contributed by atoms with Gasteiger partial charge in [0.05, 0.1) is 5.69 Å². The van der Waals surface area contributed by atoms with Crippen LogP contribution in [0.5, 0.6) is 0 Å². The first-order chi connectivity index (χ1) is 12.6. The Morgan fingerprint density at radius 2 is 2.12 bits per heavy atom. The van der Waals surface area contributed by atoms with Crippen LogP contribution in [0.25, 0.3) is 0 Å². The fourth-order valence-electron chi connectivity index (χ4n) is 2.73. The molecule has 1 aliphatic rings. The highest BCUT2D eigenvalue weighted by Gasteiger charge is 2.21. The molecule has 0 spiro atoms. The van der Waals surface area contributed by atoms with Crippen LogP contribution in [0.3, 0.4) is 0 Å². The summed E-state index contributed by atoms with van der Waals surface area (Å²) in [6, 6.07) is 7.40. The Kier molecular flexibility index (Phi) is 5.52. The summed E-state index contributed by atoms with van der Waals surface area (Å²) in [5.41, 5.74) is 1.81. The van der Waals surface area contributed by atoms with Gasteiger partial charge in [-0.3, -0.25) is 10.6 Å². The lowest BCUT2D eigenvalue weighted by Crippen LogP contribution is -2.29. The van der Waals surface area contributed by atoms with Gasteiger partial charge >= 0.3 is 0 Å². The van der Waals surface area contributed by atoms with Crippen molar-refractivity contribution in [2.75, 3.05) is 30.0 Å². The highest BCUT2D eigenvalue weighted by atomic mass is 16.6. The Balaban J connectivity index is 1.63. The van der Waals surface area contributed by atoms with Crippen LogP contribution < -0.4 is 10.4 Å². The van der Waals surface area contributed by atoms with E-state index in [0.29, 0.717) is 24.0 Å². The minimum atomic E-state index is -0.202.